The minimum Gasteiger partial charge on any atom is -0.493 e. The van der Waals surface area contributed by atoms with Gasteiger partial charge in [-0.1, -0.05) is 15.9 Å². The summed E-state index contributed by atoms with van der Waals surface area (Å²) in [5.41, 5.74) is 1.77. The van der Waals surface area contributed by atoms with Gasteiger partial charge in [-0.2, -0.15) is 0 Å². The number of fused-ring (bicyclic) bond motifs is 1. The van der Waals surface area contributed by atoms with Crippen molar-refractivity contribution >= 4 is 22.2 Å². The van der Waals surface area contributed by atoms with Crippen LogP contribution >= 0.6 is 15.9 Å². The molecule has 1 aromatic carbocycles. The van der Waals surface area contributed by atoms with Crippen LogP contribution in [0.3, 0.4) is 0 Å². The maximum atomic E-state index is 10.7. The van der Waals surface area contributed by atoms with Crippen LogP contribution in [0.1, 0.15) is 22.3 Å². The summed E-state index contributed by atoms with van der Waals surface area (Å²) in [6.07, 6.45) is 2.85. The van der Waals surface area contributed by atoms with Crippen molar-refractivity contribution in [3.8, 4) is 5.75 Å². The van der Waals surface area contributed by atoms with E-state index in [-0.39, 0.29) is 0 Å². The molecule has 68 valence electrons. The van der Waals surface area contributed by atoms with E-state index in [2.05, 4.69) is 15.9 Å². The van der Waals surface area contributed by atoms with Crippen LogP contribution in [0.5, 0.6) is 5.75 Å². The molecule has 0 bridgehead atoms. The molecule has 1 aliphatic heterocycles. The van der Waals surface area contributed by atoms with Gasteiger partial charge in [-0.3, -0.25) is 4.79 Å². The highest BCUT2D eigenvalue weighted by Crippen LogP contribution is 2.33. The molecule has 0 radical (unpaired) electrons. The second-order valence-corrected chi connectivity index (χ2v) is 3.87. The van der Waals surface area contributed by atoms with Gasteiger partial charge in [0, 0.05) is 10.0 Å². The number of hydrogen-bond donors (Lipinski definition) is 0. The molecule has 0 saturated heterocycles. The summed E-state index contributed by atoms with van der Waals surface area (Å²) < 4.78 is 6.50. The van der Waals surface area contributed by atoms with Crippen LogP contribution in [-0.2, 0) is 6.42 Å². The van der Waals surface area contributed by atoms with Gasteiger partial charge in [-0.05, 0) is 25.0 Å². The van der Waals surface area contributed by atoms with Crippen LogP contribution in [0, 0.1) is 0 Å². The Balaban J connectivity index is 2.58. The lowest BCUT2D eigenvalue weighted by Crippen LogP contribution is -2.10. The quantitative estimate of drug-likeness (QED) is 0.706. The molecule has 2 nitrogen and oxygen atoms in total. The van der Waals surface area contributed by atoms with Crippen molar-refractivity contribution in [1.82, 2.24) is 0 Å². The van der Waals surface area contributed by atoms with E-state index in [4.69, 9.17) is 4.74 Å². The van der Waals surface area contributed by atoms with Crippen LogP contribution in [0.4, 0.5) is 0 Å². The summed E-state index contributed by atoms with van der Waals surface area (Å²) >= 11 is 3.45. The van der Waals surface area contributed by atoms with Gasteiger partial charge in [0.25, 0.3) is 0 Å². The van der Waals surface area contributed by atoms with Gasteiger partial charge in [0.1, 0.15) is 5.75 Å². The van der Waals surface area contributed by atoms with E-state index in [0.29, 0.717) is 12.2 Å². The fraction of sp³-hybridized carbons (Fsp3) is 0.300. The van der Waals surface area contributed by atoms with E-state index in [9.17, 15) is 4.79 Å². The highest BCUT2D eigenvalue weighted by molar-refractivity contribution is 9.10. The Morgan fingerprint density at radius 1 is 1.46 bits per heavy atom. The zero-order valence-corrected chi connectivity index (χ0v) is 8.63. The summed E-state index contributed by atoms with van der Waals surface area (Å²) in [6, 6.07) is 3.68. The molecule has 0 fully saturated rings. The van der Waals surface area contributed by atoms with Gasteiger partial charge >= 0.3 is 0 Å². The summed E-state index contributed by atoms with van der Waals surface area (Å²) in [4.78, 5) is 10.7. The van der Waals surface area contributed by atoms with Gasteiger partial charge in [-0.15, -0.1) is 0 Å². The van der Waals surface area contributed by atoms with Crippen molar-refractivity contribution in [2.45, 2.75) is 12.8 Å². The first-order valence-electron chi connectivity index (χ1n) is 4.22. The monoisotopic (exact) mass is 240 g/mol. The highest BCUT2D eigenvalue weighted by atomic mass is 79.9. The summed E-state index contributed by atoms with van der Waals surface area (Å²) in [6.45, 7) is 0.713. The minimum atomic E-state index is 0.651. The van der Waals surface area contributed by atoms with Crippen LogP contribution in [0.25, 0.3) is 0 Å². The first-order valence-corrected chi connectivity index (χ1v) is 5.01. The number of aldehydes is 1. The van der Waals surface area contributed by atoms with E-state index in [1.165, 1.54) is 0 Å². The third-order valence-electron chi connectivity index (χ3n) is 2.18. The van der Waals surface area contributed by atoms with Gasteiger partial charge in [0.05, 0.1) is 12.2 Å². The van der Waals surface area contributed by atoms with Gasteiger partial charge in [-0.25, -0.2) is 0 Å². The average Bonchev–Trinajstić information content (AvgIpc) is 2.19. The average molecular weight is 241 g/mol. The number of carbonyl (C=O) groups is 1. The number of carbonyl (C=O) groups excluding carboxylic acids is 1. The molecule has 1 aliphatic rings. The molecule has 1 aromatic rings. The fourth-order valence-corrected chi connectivity index (χ4v) is 2.05. The Morgan fingerprint density at radius 2 is 2.31 bits per heavy atom. The Hall–Kier alpha value is -0.830. The largest absolute Gasteiger partial charge is 0.493 e. The van der Waals surface area contributed by atoms with Gasteiger partial charge < -0.3 is 4.74 Å². The van der Waals surface area contributed by atoms with Gasteiger partial charge in [0.2, 0.25) is 0 Å². The Labute approximate surface area is 85.0 Å². The Morgan fingerprint density at radius 3 is 3.08 bits per heavy atom. The Bertz CT molecular complexity index is 347. The lowest BCUT2D eigenvalue weighted by Gasteiger charge is -2.19. The Kier molecular flexibility index (Phi) is 2.36. The molecular formula is C10H9BrO2. The van der Waals surface area contributed by atoms with Crippen molar-refractivity contribution in [3.63, 3.8) is 0 Å². The topological polar surface area (TPSA) is 26.3 Å². The van der Waals surface area contributed by atoms with Crippen molar-refractivity contribution in [2.75, 3.05) is 6.61 Å². The van der Waals surface area contributed by atoms with E-state index in [0.717, 1.165) is 34.9 Å². The van der Waals surface area contributed by atoms with Crippen molar-refractivity contribution in [2.24, 2.45) is 0 Å². The molecule has 0 spiro atoms. The van der Waals surface area contributed by atoms with E-state index in [1.807, 2.05) is 6.07 Å². The predicted octanol–water partition coefficient (Wildman–Crippen LogP) is 2.59. The lowest BCUT2D eigenvalue weighted by atomic mass is 10.0. The molecule has 0 saturated carbocycles. The van der Waals surface area contributed by atoms with E-state index < -0.39 is 0 Å². The maximum Gasteiger partial charge on any atom is 0.153 e. The molecule has 0 amide bonds. The minimum absolute atomic E-state index is 0.651. The molecule has 13 heavy (non-hydrogen) atoms. The lowest BCUT2D eigenvalue weighted by molar-refractivity contribution is 0.111. The van der Waals surface area contributed by atoms with Gasteiger partial charge in [0.15, 0.2) is 6.29 Å². The zero-order valence-electron chi connectivity index (χ0n) is 7.05. The highest BCUT2D eigenvalue weighted by Gasteiger charge is 2.16. The van der Waals surface area contributed by atoms with Crippen LogP contribution < -0.4 is 4.74 Å². The van der Waals surface area contributed by atoms with E-state index in [1.54, 1.807) is 6.07 Å². The number of rotatable bonds is 1. The SMILES string of the molecule is O=Cc1ccc(Br)c2c1OCCC2. The molecule has 3 heteroatoms. The first-order chi connectivity index (χ1) is 6.33. The molecule has 0 unspecified atom stereocenters. The van der Waals surface area contributed by atoms with E-state index >= 15 is 0 Å². The molecular weight excluding hydrogens is 232 g/mol. The fourth-order valence-electron chi connectivity index (χ4n) is 1.54. The predicted molar refractivity (Wildman–Crippen MR) is 53.3 cm³/mol. The second-order valence-electron chi connectivity index (χ2n) is 3.01. The third-order valence-corrected chi connectivity index (χ3v) is 2.92. The molecule has 2 rings (SSSR count). The van der Waals surface area contributed by atoms with Crippen molar-refractivity contribution in [1.29, 1.82) is 0 Å². The normalized spacial score (nSPS) is 14.5. The van der Waals surface area contributed by atoms with Crippen molar-refractivity contribution in [3.05, 3.63) is 27.7 Å². The summed E-state index contributed by atoms with van der Waals surface area (Å²) in [5.74, 6) is 0.760. The molecule has 0 N–H and O–H groups in total. The number of benzene rings is 1. The van der Waals surface area contributed by atoms with Crippen LogP contribution in [-0.4, -0.2) is 12.9 Å². The summed E-state index contributed by atoms with van der Waals surface area (Å²) in [5, 5.41) is 0. The number of hydrogen-bond acceptors (Lipinski definition) is 2. The maximum absolute atomic E-state index is 10.7. The molecule has 0 aliphatic carbocycles. The van der Waals surface area contributed by atoms with Crippen LogP contribution in [0.2, 0.25) is 0 Å². The standard InChI is InChI=1S/C10H9BrO2/c11-9-4-3-7(6-12)10-8(9)2-1-5-13-10/h3-4,6H,1-2,5H2. The molecule has 0 atom stereocenters. The number of ether oxygens (including phenoxy) is 1. The first kappa shape index (κ1) is 8.75. The third kappa shape index (κ3) is 1.48. The number of halogens is 1. The van der Waals surface area contributed by atoms with Crippen LogP contribution in [0.15, 0.2) is 16.6 Å². The summed E-state index contributed by atoms with van der Waals surface area (Å²) in [7, 11) is 0. The molecule has 1 heterocycles. The molecule has 0 aromatic heterocycles. The second kappa shape index (κ2) is 3.50. The van der Waals surface area contributed by atoms with Crippen molar-refractivity contribution < 1.29 is 9.53 Å². The smallest absolute Gasteiger partial charge is 0.153 e. The zero-order chi connectivity index (χ0) is 9.26.